The fourth-order valence-corrected chi connectivity index (χ4v) is 2.01. The normalized spacial score (nSPS) is 12.7. The van der Waals surface area contributed by atoms with E-state index in [4.69, 9.17) is 0 Å². The van der Waals surface area contributed by atoms with Crippen molar-refractivity contribution in [3.05, 3.63) is 36.8 Å². The lowest BCUT2D eigenvalue weighted by molar-refractivity contribution is 0.680. The van der Waals surface area contributed by atoms with Crippen LogP contribution in [0.25, 0.3) is 17.0 Å². The molecule has 3 aromatic rings. The summed E-state index contributed by atoms with van der Waals surface area (Å²) in [7, 11) is -1.20. The summed E-state index contributed by atoms with van der Waals surface area (Å²) >= 11 is 0. The molecule has 3 rings (SSSR count). The highest BCUT2D eigenvalue weighted by Crippen LogP contribution is 2.15. The zero-order valence-electron chi connectivity index (χ0n) is 9.52. The first-order valence-electron chi connectivity index (χ1n) is 5.21. The van der Waals surface area contributed by atoms with Crippen LogP contribution in [0.3, 0.4) is 0 Å². The van der Waals surface area contributed by atoms with Gasteiger partial charge in [0, 0.05) is 24.7 Å². The van der Waals surface area contributed by atoms with E-state index in [-0.39, 0.29) is 0 Å². The molecule has 90 valence electrons. The van der Waals surface area contributed by atoms with E-state index in [1.165, 1.54) is 0 Å². The quantitative estimate of drug-likeness (QED) is 0.640. The minimum atomic E-state index is -1.20. The van der Waals surface area contributed by atoms with Crippen LogP contribution < -0.4 is 0 Å². The summed E-state index contributed by atoms with van der Waals surface area (Å²) in [5.74, 6) is 0. The van der Waals surface area contributed by atoms with Crippen LogP contribution in [0.15, 0.2) is 41.9 Å². The van der Waals surface area contributed by atoms with Crippen molar-refractivity contribution in [3.8, 4) is 11.4 Å². The predicted octanol–water partition coefficient (Wildman–Crippen LogP) is 0.924. The van der Waals surface area contributed by atoms with Crippen LogP contribution in [0.5, 0.6) is 0 Å². The molecule has 0 amide bonds. The van der Waals surface area contributed by atoms with Gasteiger partial charge in [0.1, 0.15) is 0 Å². The van der Waals surface area contributed by atoms with Gasteiger partial charge < -0.3 is 0 Å². The molecular formula is C11H9N5OS. The summed E-state index contributed by atoms with van der Waals surface area (Å²) in [6.07, 6.45) is 6.62. The highest BCUT2D eigenvalue weighted by Gasteiger charge is 2.07. The molecule has 0 aliphatic heterocycles. The second-order valence-corrected chi connectivity index (χ2v) is 4.90. The van der Waals surface area contributed by atoms with Gasteiger partial charge >= 0.3 is 0 Å². The van der Waals surface area contributed by atoms with Gasteiger partial charge in [-0.1, -0.05) is 0 Å². The SMILES string of the molecule is CS(=O)c1nccc(-c2ccn3nccc3n2)n1. The van der Waals surface area contributed by atoms with Crippen LogP contribution in [0.2, 0.25) is 0 Å². The highest BCUT2D eigenvalue weighted by molar-refractivity contribution is 7.84. The maximum atomic E-state index is 11.4. The first-order chi connectivity index (χ1) is 8.74. The summed E-state index contributed by atoms with van der Waals surface area (Å²) < 4.78 is 13.0. The van der Waals surface area contributed by atoms with Gasteiger partial charge in [0.05, 0.1) is 28.4 Å². The molecule has 1 unspecified atom stereocenters. The third-order valence-electron chi connectivity index (χ3n) is 2.41. The molecule has 0 saturated heterocycles. The number of nitrogens with zero attached hydrogens (tertiary/aromatic N) is 5. The molecule has 18 heavy (non-hydrogen) atoms. The summed E-state index contributed by atoms with van der Waals surface area (Å²) in [6, 6.07) is 5.36. The molecule has 0 aliphatic carbocycles. The van der Waals surface area contributed by atoms with E-state index in [0.717, 1.165) is 5.65 Å². The maximum absolute atomic E-state index is 11.4. The molecule has 0 N–H and O–H groups in total. The van der Waals surface area contributed by atoms with Gasteiger partial charge in [-0.15, -0.1) is 0 Å². The Bertz CT molecular complexity index is 739. The number of rotatable bonds is 2. The third-order valence-corrected chi connectivity index (χ3v) is 3.12. The molecule has 0 fully saturated rings. The Hall–Kier alpha value is -2.15. The molecule has 0 aliphatic rings. The second-order valence-electron chi connectivity index (χ2n) is 3.63. The molecule has 3 heterocycles. The number of hydrogen-bond acceptors (Lipinski definition) is 5. The topological polar surface area (TPSA) is 73.0 Å². The van der Waals surface area contributed by atoms with E-state index >= 15 is 0 Å². The Morgan fingerprint density at radius 1 is 1.11 bits per heavy atom. The van der Waals surface area contributed by atoms with E-state index in [1.54, 1.807) is 29.2 Å². The van der Waals surface area contributed by atoms with Gasteiger partial charge in [-0.25, -0.2) is 19.5 Å². The molecular weight excluding hydrogens is 250 g/mol. The number of fused-ring (bicyclic) bond motifs is 1. The van der Waals surface area contributed by atoms with Crippen LogP contribution in [0, 0.1) is 0 Å². The van der Waals surface area contributed by atoms with E-state index in [9.17, 15) is 4.21 Å². The fourth-order valence-electron chi connectivity index (χ4n) is 1.58. The Balaban J connectivity index is 2.13. The van der Waals surface area contributed by atoms with E-state index in [0.29, 0.717) is 16.5 Å². The van der Waals surface area contributed by atoms with E-state index < -0.39 is 10.8 Å². The first kappa shape index (κ1) is 11.0. The van der Waals surface area contributed by atoms with Crippen molar-refractivity contribution in [2.24, 2.45) is 0 Å². The minimum Gasteiger partial charge on any atom is -0.251 e. The van der Waals surface area contributed by atoms with Crippen LogP contribution in [0.4, 0.5) is 0 Å². The van der Waals surface area contributed by atoms with Crippen molar-refractivity contribution < 1.29 is 4.21 Å². The summed E-state index contributed by atoms with van der Waals surface area (Å²) in [4.78, 5) is 12.6. The van der Waals surface area contributed by atoms with Crippen LogP contribution in [-0.2, 0) is 10.8 Å². The number of hydrogen-bond donors (Lipinski definition) is 0. The molecule has 7 heteroatoms. The van der Waals surface area contributed by atoms with Crippen LogP contribution in [0.1, 0.15) is 0 Å². The smallest absolute Gasteiger partial charge is 0.218 e. The van der Waals surface area contributed by atoms with Crippen molar-refractivity contribution in [2.75, 3.05) is 6.26 Å². The average Bonchev–Trinajstić information content (AvgIpc) is 2.86. The summed E-state index contributed by atoms with van der Waals surface area (Å²) in [6.45, 7) is 0. The lowest BCUT2D eigenvalue weighted by Gasteiger charge is -2.01. The van der Waals surface area contributed by atoms with Gasteiger partial charge in [0.2, 0.25) is 5.16 Å². The average molecular weight is 259 g/mol. The first-order valence-corrected chi connectivity index (χ1v) is 6.77. The summed E-state index contributed by atoms with van der Waals surface area (Å²) in [5, 5.41) is 4.38. The van der Waals surface area contributed by atoms with Gasteiger partial charge in [-0.3, -0.25) is 4.21 Å². The number of aromatic nitrogens is 5. The van der Waals surface area contributed by atoms with Gasteiger partial charge in [-0.05, 0) is 12.1 Å². The Morgan fingerprint density at radius 3 is 2.78 bits per heavy atom. The Morgan fingerprint density at radius 2 is 1.94 bits per heavy atom. The van der Waals surface area contributed by atoms with E-state index in [2.05, 4.69) is 20.1 Å². The maximum Gasteiger partial charge on any atom is 0.218 e. The zero-order valence-corrected chi connectivity index (χ0v) is 10.3. The monoisotopic (exact) mass is 259 g/mol. The van der Waals surface area contributed by atoms with Crippen molar-refractivity contribution in [3.63, 3.8) is 0 Å². The second kappa shape index (κ2) is 4.26. The van der Waals surface area contributed by atoms with Crippen molar-refractivity contribution in [1.82, 2.24) is 24.6 Å². The van der Waals surface area contributed by atoms with Crippen LogP contribution in [-0.4, -0.2) is 35.0 Å². The van der Waals surface area contributed by atoms with Crippen LogP contribution >= 0.6 is 0 Å². The third kappa shape index (κ3) is 1.88. The Kier molecular flexibility index (Phi) is 2.60. The molecule has 0 aromatic carbocycles. The van der Waals surface area contributed by atoms with E-state index in [1.807, 2.05) is 18.3 Å². The fraction of sp³-hybridized carbons (Fsp3) is 0.0909. The molecule has 6 nitrogen and oxygen atoms in total. The summed E-state index contributed by atoms with van der Waals surface area (Å²) in [5.41, 5.74) is 2.10. The van der Waals surface area contributed by atoms with Crippen molar-refractivity contribution in [2.45, 2.75) is 5.16 Å². The highest BCUT2D eigenvalue weighted by atomic mass is 32.2. The van der Waals surface area contributed by atoms with Crippen molar-refractivity contribution in [1.29, 1.82) is 0 Å². The molecule has 0 saturated carbocycles. The van der Waals surface area contributed by atoms with Gasteiger partial charge in [0.25, 0.3) is 0 Å². The molecule has 3 aromatic heterocycles. The minimum absolute atomic E-state index is 0.308. The lowest BCUT2D eigenvalue weighted by Crippen LogP contribution is -1.99. The molecule has 1 atom stereocenters. The molecule has 0 radical (unpaired) electrons. The Labute approximate surface area is 105 Å². The van der Waals surface area contributed by atoms with Gasteiger partial charge in [0.15, 0.2) is 5.65 Å². The van der Waals surface area contributed by atoms with Crippen molar-refractivity contribution >= 4 is 16.4 Å². The molecule has 0 bridgehead atoms. The predicted molar refractivity (Wildman–Crippen MR) is 66.3 cm³/mol. The molecule has 0 spiro atoms. The standard InChI is InChI=1S/C11H9N5OS/c1-18(17)11-12-5-2-8(15-11)9-4-7-16-10(14-9)3-6-13-16/h2-7H,1H3. The lowest BCUT2D eigenvalue weighted by atomic mass is 10.3. The largest absolute Gasteiger partial charge is 0.251 e. The zero-order chi connectivity index (χ0) is 12.5. The van der Waals surface area contributed by atoms with Gasteiger partial charge in [-0.2, -0.15) is 5.10 Å².